The Morgan fingerprint density at radius 1 is 1.38 bits per heavy atom. The van der Waals surface area contributed by atoms with Gasteiger partial charge in [0.25, 0.3) is 0 Å². The minimum Gasteiger partial charge on any atom is -0.325 e. The largest absolute Gasteiger partial charge is 0.325 e. The smallest absolute Gasteiger partial charge is 0.103 e. The van der Waals surface area contributed by atoms with Gasteiger partial charge >= 0.3 is 0 Å². The normalized spacial score (nSPS) is 10.6. The minimum absolute atomic E-state index is 0.507. The molecule has 0 bridgehead atoms. The van der Waals surface area contributed by atoms with Crippen LogP contribution in [0, 0.1) is 0 Å². The van der Waals surface area contributed by atoms with E-state index in [0.29, 0.717) is 6.54 Å². The monoisotopic (exact) mass is 270 g/mol. The van der Waals surface area contributed by atoms with E-state index in [-0.39, 0.29) is 0 Å². The van der Waals surface area contributed by atoms with Crippen molar-refractivity contribution in [2.24, 2.45) is 5.73 Å². The molecule has 0 amide bonds. The van der Waals surface area contributed by atoms with Gasteiger partial charge in [-0.05, 0) is 12.1 Å². The van der Waals surface area contributed by atoms with E-state index in [2.05, 4.69) is 4.98 Å². The van der Waals surface area contributed by atoms with Gasteiger partial charge < -0.3 is 5.73 Å². The highest BCUT2D eigenvalue weighted by Crippen LogP contribution is 2.30. The van der Waals surface area contributed by atoms with Gasteiger partial charge in [0.15, 0.2) is 0 Å². The third-order valence-corrected chi connectivity index (χ3v) is 4.60. The first-order valence-corrected chi connectivity index (χ1v) is 7.04. The Labute approximate surface area is 108 Å². The molecular weight excluding hydrogens is 260 g/mol. The molecule has 5 heteroatoms. The number of hydrogen-bond acceptors (Lipinski definition) is 4. The highest BCUT2D eigenvalue weighted by atomic mass is 35.5. The fourth-order valence-corrected chi connectivity index (χ4v) is 3.27. The zero-order valence-electron chi connectivity index (χ0n) is 8.52. The van der Waals surface area contributed by atoms with Crippen LogP contribution in [-0.4, -0.2) is 4.98 Å². The van der Waals surface area contributed by atoms with Crippen molar-refractivity contribution in [1.29, 1.82) is 0 Å². The lowest BCUT2D eigenvalue weighted by molar-refractivity contribution is 0.996. The number of nitrogens with two attached hydrogens (primary N) is 1. The standard InChI is InChI=1S/C11H11ClN2S2/c12-9-3-1-2-4-10(9)15-7-11-14-8(5-13)6-16-11/h1-4,6H,5,7,13H2. The lowest BCUT2D eigenvalue weighted by Gasteiger charge is -2.01. The summed E-state index contributed by atoms with van der Waals surface area (Å²) in [6.45, 7) is 0.507. The second-order valence-electron chi connectivity index (χ2n) is 3.16. The molecule has 2 N–H and O–H groups in total. The third kappa shape index (κ3) is 2.98. The average Bonchev–Trinajstić information content (AvgIpc) is 2.76. The van der Waals surface area contributed by atoms with Gasteiger partial charge in [-0.2, -0.15) is 0 Å². The van der Waals surface area contributed by atoms with Crippen molar-refractivity contribution in [2.45, 2.75) is 17.2 Å². The van der Waals surface area contributed by atoms with E-state index in [1.54, 1.807) is 23.1 Å². The van der Waals surface area contributed by atoms with Crippen LogP contribution >= 0.6 is 34.7 Å². The first kappa shape index (κ1) is 11.9. The maximum absolute atomic E-state index is 6.07. The van der Waals surface area contributed by atoms with Gasteiger partial charge in [0.1, 0.15) is 5.01 Å². The molecule has 16 heavy (non-hydrogen) atoms. The van der Waals surface area contributed by atoms with Crippen LogP contribution in [0.1, 0.15) is 10.7 Å². The molecule has 2 aromatic rings. The van der Waals surface area contributed by atoms with Gasteiger partial charge in [0.2, 0.25) is 0 Å². The predicted octanol–water partition coefficient (Wildman–Crippen LogP) is 3.55. The summed E-state index contributed by atoms with van der Waals surface area (Å²) in [6.07, 6.45) is 0. The number of rotatable bonds is 4. The van der Waals surface area contributed by atoms with Crippen molar-refractivity contribution in [3.05, 3.63) is 45.4 Å². The zero-order valence-corrected chi connectivity index (χ0v) is 10.9. The molecule has 0 atom stereocenters. The summed E-state index contributed by atoms with van der Waals surface area (Å²) in [5, 5.41) is 3.89. The maximum Gasteiger partial charge on any atom is 0.103 e. The van der Waals surface area contributed by atoms with Crippen LogP contribution in [0.4, 0.5) is 0 Å². The highest BCUT2D eigenvalue weighted by Gasteiger charge is 2.04. The van der Waals surface area contributed by atoms with Gasteiger partial charge in [0.05, 0.1) is 16.5 Å². The van der Waals surface area contributed by atoms with Crippen LogP contribution in [0.25, 0.3) is 0 Å². The lowest BCUT2D eigenvalue weighted by atomic mass is 10.4. The van der Waals surface area contributed by atoms with Crippen LogP contribution in [0.15, 0.2) is 34.5 Å². The molecule has 0 aliphatic rings. The Hall–Kier alpha value is -0.550. The van der Waals surface area contributed by atoms with Crippen molar-refractivity contribution in [1.82, 2.24) is 4.98 Å². The van der Waals surface area contributed by atoms with Crippen molar-refractivity contribution < 1.29 is 0 Å². The summed E-state index contributed by atoms with van der Waals surface area (Å²) >= 11 is 9.41. The fraction of sp³-hybridized carbons (Fsp3) is 0.182. The van der Waals surface area contributed by atoms with Gasteiger partial charge in [-0.3, -0.25) is 0 Å². The molecule has 0 fully saturated rings. The average molecular weight is 271 g/mol. The summed E-state index contributed by atoms with van der Waals surface area (Å²) in [7, 11) is 0. The molecule has 2 nitrogen and oxygen atoms in total. The van der Waals surface area contributed by atoms with Crippen LogP contribution in [0.3, 0.4) is 0 Å². The maximum atomic E-state index is 6.07. The van der Waals surface area contributed by atoms with E-state index in [9.17, 15) is 0 Å². The third-order valence-electron chi connectivity index (χ3n) is 2.00. The number of halogens is 1. The molecule has 84 valence electrons. The van der Waals surface area contributed by atoms with E-state index in [1.165, 1.54) is 0 Å². The van der Waals surface area contributed by atoms with Crippen molar-refractivity contribution in [3.8, 4) is 0 Å². The fourth-order valence-electron chi connectivity index (χ4n) is 1.21. The molecule has 1 aromatic carbocycles. The number of aromatic nitrogens is 1. The lowest BCUT2D eigenvalue weighted by Crippen LogP contribution is -1.96. The highest BCUT2D eigenvalue weighted by molar-refractivity contribution is 7.98. The van der Waals surface area contributed by atoms with Crippen LogP contribution in [0.2, 0.25) is 5.02 Å². The topological polar surface area (TPSA) is 38.9 Å². The van der Waals surface area contributed by atoms with E-state index in [4.69, 9.17) is 17.3 Å². The molecule has 0 saturated carbocycles. The summed E-state index contributed by atoms with van der Waals surface area (Å²) in [6, 6.07) is 7.84. The van der Waals surface area contributed by atoms with E-state index >= 15 is 0 Å². The quantitative estimate of drug-likeness (QED) is 0.864. The van der Waals surface area contributed by atoms with Gasteiger partial charge in [-0.15, -0.1) is 23.1 Å². The molecule has 0 saturated heterocycles. The minimum atomic E-state index is 0.507. The molecule has 0 unspecified atom stereocenters. The van der Waals surface area contributed by atoms with Crippen molar-refractivity contribution >= 4 is 34.7 Å². The molecule has 2 rings (SSSR count). The Kier molecular flexibility index (Phi) is 4.23. The predicted molar refractivity (Wildman–Crippen MR) is 71.0 cm³/mol. The summed E-state index contributed by atoms with van der Waals surface area (Å²) in [5.74, 6) is 0.842. The molecule has 1 heterocycles. The second-order valence-corrected chi connectivity index (χ2v) is 5.52. The van der Waals surface area contributed by atoms with Crippen LogP contribution < -0.4 is 5.73 Å². The van der Waals surface area contributed by atoms with E-state index in [0.717, 1.165) is 26.4 Å². The summed E-state index contributed by atoms with van der Waals surface area (Å²) in [5.41, 5.74) is 6.47. The molecular formula is C11H11ClN2S2. The number of thioether (sulfide) groups is 1. The van der Waals surface area contributed by atoms with Gasteiger partial charge in [0, 0.05) is 16.8 Å². The number of nitrogens with zero attached hydrogens (tertiary/aromatic N) is 1. The van der Waals surface area contributed by atoms with Crippen LogP contribution in [0.5, 0.6) is 0 Å². The molecule has 1 aromatic heterocycles. The molecule has 0 aliphatic carbocycles. The number of hydrogen-bond donors (Lipinski definition) is 1. The Bertz CT molecular complexity index is 471. The van der Waals surface area contributed by atoms with Gasteiger partial charge in [-0.1, -0.05) is 23.7 Å². The Morgan fingerprint density at radius 2 is 2.19 bits per heavy atom. The summed E-state index contributed by atoms with van der Waals surface area (Å²) < 4.78 is 0. The van der Waals surface area contributed by atoms with Gasteiger partial charge in [-0.25, -0.2) is 4.98 Å². The van der Waals surface area contributed by atoms with E-state index in [1.807, 2.05) is 29.6 Å². The molecule has 0 radical (unpaired) electrons. The Balaban J connectivity index is 1.99. The number of benzene rings is 1. The SMILES string of the molecule is NCc1csc(CSc2ccccc2Cl)n1. The Morgan fingerprint density at radius 3 is 2.88 bits per heavy atom. The summed E-state index contributed by atoms with van der Waals surface area (Å²) in [4.78, 5) is 5.49. The van der Waals surface area contributed by atoms with Crippen LogP contribution in [-0.2, 0) is 12.3 Å². The molecule has 0 aliphatic heterocycles. The first-order chi connectivity index (χ1) is 7.79. The second kappa shape index (κ2) is 5.68. The molecule has 0 spiro atoms. The van der Waals surface area contributed by atoms with E-state index < -0.39 is 0 Å². The zero-order chi connectivity index (χ0) is 11.4. The first-order valence-electron chi connectivity index (χ1n) is 4.80. The van der Waals surface area contributed by atoms with Crippen molar-refractivity contribution in [2.75, 3.05) is 0 Å². The number of thiazole rings is 1. The van der Waals surface area contributed by atoms with Crippen molar-refractivity contribution in [3.63, 3.8) is 0 Å².